The largest absolute Gasteiger partial charge is 0.497 e. The van der Waals surface area contributed by atoms with E-state index in [0.29, 0.717) is 25.1 Å². The van der Waals surface area contributed by atoms with E-state index in [0.717, 1.165) is 27.8 Å². The minimum atomic E-state index is -3.03. The molecule has 0 aliphatic carbocycles. The highest BCUT2D eigenvalue weighted by atomic mass is 32.2. The molecule has 0 bridgehead atoms. The van der Waals surface area contributed by atoms with Crippen LogP contribution in [0.1, 0.15) is 23.1 Å². The average Bonchev–Trinajstić information content (AvgIpc) is 3.07. The van der Waals surface area contributed by atoms with Gasteiger partial charge in [0, 0.05) is 30.6 Å². The molecule has 1 saturated heterocycles. The normalized spacial score (nSPS) is 18.2. The Morgan fingerprint density at radius 2 is 1.87 bits per heavy atom. The molecule has 30 heavy (non-hydrogen) atoms. The van der Waals surface area contributed by atoms with Gasteiger partial charge in [0.05, 0.1) is 18.6 Å². The molecule has 1 fully saturated rings. The van der Waals surface area contributed by atoms with E-state index in [9.17, 15) is 13.2 Å². The van der Waals surface area contributed by atoms with Crippen LogP contribution in [0.5, 0.6) is 5.75 Å². The van der Waals surface area contributed by atoms with Crippen molar-refractivity contribution in [3.63, 3.8) is 0 Å². The van der Waals surface area contributed by atoms with E-state index in [4.69, 9.17) is 9.15 Å². The summed E-state index contributed by atoms with van der Waals surface area (Å²) in [6, 6.07) is 15.0. The lowest BCUT2D eigenvalue weighted by atomic mass is 10.1. The number of nitrogens with zero attached hydrogens (tertiary/aromatic N) is 1. The molecule has 1 unspecified atom stereocenters. The number of aryl methyl sites for hydroxylation is 1. The first-order valence-electron chi connectivity index (χ1n) is 9.94. The summed E-state index contributed by atoms with van der Waals surface area (Å²) in [4.78, 5) is 14.3. The summed E-state index contributed by atoms with van der Waals surface area (Å²) < 4.78 is 34.9. The molecule has 7 heteroatoms. The lowest BCUT2D eigenvalue weighted by Crippen LogP contribution is -2.35. The van der Waals surface area contributed by atoms with E-state index in [1.165, 1.54) is 6.07 Å². The van der Waals surface area contributed by atoms with Crippen molar-refractivity contribution >= 4 is 20.8 Å². The zero-order chi connectivity index (χ0) is 21.3. The molecule has 1 atom stereocenters. The van der Waals surface area contributed by atoms with Crippen LogP contribution >= 0.6 is 0 Å². The Labute approximate surface area is 176 Å². The average molecular weight is 428 g/mol. The second-order valence-electron chi connectivity index (χ2n) is 7.90. The van der Waals surface area contributed by atoms with E-state index in [1.807, 2.05) is 49.4 Å². The van der Waals surface area contributed by atoms with E-state index in [-0.39, 0.29) is 17.5 Å². The molecule has 0 N–H and O–H groups in total. The van der Waals surface area contributed by atoms with Crippen LogP contribution in [0.4, 0.5) is 0 Å². The zero-order valence-corrected chi connectivity index (χ0v) is 17.9. The van der Waals surface area contributed by atoms with Crippen LogP contribution in [0, 0.1) is 6.92 Å². The van der Waals surface area contributed by atoms with Crippen LogP contribution in [0.15, 0.2) is 57.7 Å². The van der Waals surface area contributed by atoms with E-state index < -0.39 is 15.5 Å². The van der Waals surface area contributed by atoms with Crippen LogP contribution in [0.2, 0.25) is 0 Å². The Hall–Kier alpha value is -2.64. The molecular weight excluding hydrogens is 402 g/mol. The van der Waals surface area contributed by atoms with Crippen molar-refractivity contribution in [2.75, 3.05) is 18.6 Å². The van der Waals surface area contributed by atoms with Gasteiger partial charge in [-0.1, -0.05) is 24.3 Å². The highest BCUT2D eigenvalue weighted by molar-refractivity contribution is 7.91. The van der Waals surface area contributed by atoms with Crippen molar-refractivity contribution in [3.05, 3.63) is 75.6 Å². The Balaban J connectivity index is 1.69. The van der Waals surface area contributed by atoms with Crippen molar-refractivity contribution in [2.24, 2.45) is 0 Å². The first-order chi connectivity index (χ1) is 14.3. The smallest absolute Gasteiger partial charge is 0.336 e. The summed E-state index contributed by atoms with van der Waals surface area (Å²) in [5, 5.41) is 0.876. The summed E-state index contributed by atoms with van der Waals surface area (Å²) >= 11 is 0. The Bertz CT molecular complexity index is 1210. The predicted octanol–water partition coefficient (Wildman–Crippen LogP) is 3.30. The van der Waals surface area contributed by atoms with Gasteiger partial charge < -0.3 is 9.15 Å². The molecule has 1 aliphatic heterocycles. The molecule has 0 spiro atoms. The van der Waals surface area contributed by atoms with Crippen LogP contribution in [0.3, 0.4) is 0 Å². The molecule has 4 rings (SSSR count). The predicted molar refractivity (Wildman–Crippen MR) is 117 cm³/mol. The van der Waals surface area contributed by atoms with E-state index in [2.05, 4.69) is 4.90 Å². The second-order valence-corrected chi connectivity index (χ2v) is 10.1. The lowest BCUT2D eigenvalue weighted by molar-refractivity contribution is 0.194. The standard InChI is InChI=1S/C23H25NO5S/c1-16-3-8-21-18(12-23(25)29-22(21)11-16)14-24(19-9-10-30(26,27)15-19)13-17-4-6-20(28-2)7-5-17/h3-8,11-12,19H,9-10,13-15H2,1-2H3. The van der Waals surface area contributed by atoms with Gasteiger partial charge in [-0.15, -0.1) is 0 Å². The first kappa shape index (κ1) is 20.6. The van der Waals surface area contributed by atoms with Crippen molar-refractivity contribution in [1.29, 1.82) is 0 Å². The van der Waals surface area contributed by atoms with Crippen LogP contribution < -0.4 is 10.4 Å². The number of rotatable bonds is 6. The maximum atomic E-state index is 12.2. The summed E-state index contributed by atoms with van der Waals surface area (Å²) in [5.41, 5.74) is 3.08. The number of hydrogen-bond donors (Lipinski definition) is 0. The SMILES string of the molecule is COc1ccc(CN(Cc2cc(=O)oc3cc(C)ccc23)C2CCS(=O)(=O)C2)cc1. The topological polar surface area (TPSA) is 76.8 Å². The third kappa shape index (κ3) is 4.57. The summed E-state index contributed by atoms with van der Waals surface area (Å²) in [5.74, 6) is 1.12. The van der Waals surface area contributed by atoms with Gasteiger partial charge >= 0.3 is 5.63 Å². The Kier molecular flexibility index (Phi) is 5.66. The molecule has 158 valence electrons. The number of benzene rings is 2. The zero-order valence-electron chi connectivity index (χ0n) is 17.1. The lowest BCUT2D eigenvalue weighted by Gasteiger charge is -2.28. The van der Waals surface area contributed by atoms with Gasteiger partial charge in [0.15, 0.2) is 9.84 Å². The molecule has 0 amide bonds. The third-order valence-electron chi connectivity index (χ3n) is 5.63. The minimum absolute atomic E-state index is 0.0927. The monoisotopic (exact) mass is 427 g/mol. The summed E-state index contributed by atoms with van der Waals surface area (Å²) in [6.45, 7) is 3.00. The van der Waals surface area contributed by atoms with Crippen LogP contribution in [0.25, 0.3) is 11.0 Å². The Morgan fingerprint density at radius 1 is 1.10 bits per heavy atom. The molecule has 0 saturated carbocycles. The fraction of sp³-hybridized carbons (Fsp3) is 0.348. The maximum Gasteiger partial charge on any atom is 0.336 e. The highest BCUT2D eigenvalue weighted by Crippen LogP contribution is 2.26. The first-order valence-corrected chi connectivity index (χ1v) is 11.8. The van der Waals surface area contributed by atoms with Gasteiger partial charge in [-0.3, -0.25) is 4.90 Å². The number of fused-ring (bicyclic) bond motifs is 1. The molecule has 6 nitrogen and oxygen atoms in total. The molecule has 1 aromatic heterocycles. The van der Waals surface area contributed by atoms with Crippen molar-refractivity contribution < 1.29 is 17.6 Å². The maximum absolute atomic E-state index is 12.2. The van der Waals surface area contributed by atoms with Crippen molar-refractivity contribution in [2.45, 2.75) is 32.5 Å². The molecular formula is C23H25NO5S. The molecule has 0 radical (unpaired) electrons. The fourth-order valence-electron chi connectivity index (χ4n) is 4.03. The Morgan fingerprint density at radius 3 is 2.53 bits per heavy atom. The van der Waals surface area contributed by atoms with Gasteiger partial charge in [0.25, 0.3) is 0 Å². The fourth-order valence-corrected chi connectivity index (χ4v) is 5.79. The minimum Gasteiger partial charge on any atom is -0.497 e. The number of ether oxygens (including phenoxy) is 1. The number of methoxy groups -OCH3 is 1. The highest BCUT2D eigenvalue weighted by Gasteiger charge is 2.32. The van der Waals surface area contributed by atoms with Crippen LogP contribution in [-0.4, -0.2) is 38.0 Å². The molecule has 2 aromatic carbocycles. The quantitative estimate of drug-likeness (QED) is 0.562. The van der Waals surface area contributed by atoms with Gasteiger partial charge in [-0.05, 0) is 48.2 Å². The molecule has 1 aliphatic rings. The molecule has 2 heterocycles. The van der Waals surface area contributed by atoms with E-state index in [1.54, 1.807) is 7.11 Å². The van der Waals surface area contributed by atoms with Gasteiger partial charge in [-0.25, -0.2) is 13.2 Å². The van der Waals surface area contributed by atoms with Gasteiger partial charge in [-0.2, -0.15) is 0 Å². The van der Waals surface area contributed by atoms with Gasteiger partial charge in [0.1, 0.15) is 11.3 Å². The summed E-state index contributed by atoms with van der Waals surface area (Å²) in [7, 11) is -1.41. The number of sulfone groups is 1. The van der Waals surface area contributed by atoms with E-state index >= 15 is 0 Å². The molecule has 3 aromatic rings. The van der Waals surface area contributed by atoms with Crippen molar-refractivity contribution in [3.8, 4) is 5.75 Å². The number of hydrogen-bond acceptors (Lipinski definition) is 6. The van der Waals surface area contributed by atoms with Crippen molar-refractivity contribution in [1.82, 2.24) is 4.90 Å². The van der Waals surface area contributed by atoms with Gasteiger partial charge in [0.2, 0.25) is 0 Å². The summed E-state index contributed by atoms with van der Waals surface area (Å²) in [6.07, 6.45) is 0.594. The van der Waals surface area contributed by atoms with Crippen LogP contribution in [-0.2, 0) is 22.9 Å². The second kappa shape index (κ2) is 8.24. The third-order valence-corrected chi connectivity index (χ3v) is 7.38.